The smallest absolute Gasteiger partial charge is 0.326 e. The van der Waals surface area contributed by atoms with Crippen LogP contribution in [0.3, 0.4) is 0 Å². The molecule has 2 aromatic heterocycles. The molecular formula is C33H41N5O7. The standard InChI is InChI=1S/C33H41N5O7/c1-22-30(32(41)38(35(22)2)25-8-4-3-5-9-25)23-20-28(45-29(21-23)44-19-18-43-17-16-39)31(40)36-14-12-24(13-15-36)37-27-11-7-6-10-26(27)34-33(37)42/h3-11,23-24,28-29,39H,12-21H2,1-2H3,(H,34,42)/t23-,28?,29?/m0/s1. The fraction of sp³-hybridized carbons (Fsp3) is 0.485. The minimum Gasteiger partial charge on any atom is -0.394 e. The molecule has 4 aromatic rings. The number of hydrogen-bond donors (Lipinski definition) is 2. The van der Waals surface area contributed by atoms with Gasteiger partial charge in [-0.15, -0.1) is 0 Å². The Labute approximate surface area is 260 Å². The molecular weight excluding hydrogens is 578 g/mol. The number of aliphatic hydroxyl groups is 1. The van der Waals surface area contributed by atoms with Crippen LogP contribution in [0.25, 0.3) is 16.7 Å². The first kappa shape index (κ1) is 31.0. The highest BCUT2D eigenvalue weighted by molar-refractivity contribution is 5.81. The van der Waals surface area contributed by atoms with Crippen molar-refractivity contribution in [2.45, 2.75) is 57.0 Å². The second kappa shape index (κ2) is 13.6. The van der Waals surface area contributed by atoms with Gasteiger partial charge in [-0.3, -0.25) is 18.8 Å². The summed E-state index contributed by atoms with van der Waals surface area (Å²) in [4.78, 5) is 45.4. The second-order valence-electron chi connectivity index (χ2n) is 11.8. The molecule has 0 saturated carbocycles. The van der Waals surface area contributed by atoms with Crippen LogP contribution in [-0.4, -0.2) is 86.7 Å². The number of aliphatic hydroxyl groups excluding tert-OH is 1. The molecule has 4 heterocycles. The molecule has 3 atom stereocenters. The van der Waals surface area contributed by atoms with Gasteiger partial charge in [0.25, 0.3) is 11.5 Å². The molecule has 240 valence electrons. The third-order valence-electron chi connectivity index (χ3n) is 9.11. The van der Waals surface area contributed by atoms with Crippen molar-refractivity contribution >= 4 is 16.9 Å². The average Bonchev–Trinajstić information content (AvgIpc) is 3.51. The zero-order valence-electron chi connectivity index (χ0n) is 25.8. The van der Waals surface area contributed by atoms with Crippen molar-refractivity contribution in [2.75, 3.05) is 39.5 Å². The fourth-order valence-electron chi connectivity index (χ4n) is 6.83. The van der Waals surface area contributed by atoms with Crippen LogP contribution in [0, 0.1) is 6.92 Å². The van der Waals surface area contributed by atoms with Crippen molar-refractivity contribution in [3.05, 3.63) is 86.7 Å². The summed E-state index contributed by atoms with van der Waals surface area (Å²) in [6.07, 6.45) is 0.572. The summed E-state index contributed by atoms with van der Waals surface area (Å²) in [5.41, 5.74) is 3.68. The molecule has 0 spiro atoms. The van der Waals surface area contributed by atoms with Gasteiger partial charge in [0.05, 0.1) is 43.1 Å². The number of hydrogen-bond acceptors (Lipinski definition) is 7. The van der Waals surface area contributed by atoms with E-state index in [1.54, 1.807) is 4.68 Å². The van der Waals surface area contributed by atoms with Crippen molar-refractivity contribution in [1.82, 2.24) is 23.8 Å². The summed E-state index contributed by atoms with van der Waals surface area (Å²) in [6.45, 7) is 3.54. The number of piperidine rings is 1. The Bertz CT molecular complexity index is 1730. The fourth-order valence-corrected chi connectivity index (χ4v) is 6.83. The first-order valence-electron chi connectivity index (χ1n) is 15.6. The van der Waals surface area contributed by atoms with E-state index in [1.807, 2.05) is 82.7 Å². The van der Waals surface area contributed by atoms with Gasteiger partial charge in [-0.05, 0) is 56.4 Å². The number of likely N-dealkylation sites (tertiary alicyclic amines) is 1. The van der Waals surface area contributed by atoms with Crippen LogP contribution in [0.5, 0.6) is 0 Å². The lowest BCUT2D eigenvalue weighted by Crippen LogP contribution is -2.49. The molecule has 2 saturated heterocycles. The summed E-state index contributed by atoms with van der Waals surface area (Å²) in [6, 6.07) is 17.1. The Morgan fingerprint density at radius 2 is 1.73 bits per heavy atom. The maximum absolute atomic E-state index is 14.0. The maximum Gasteiger partial charge on any atom is 0.326 e. The molecule has 12 heteroatoms. The van der Waals surface area contributed by atoms with Crippen LogP contribution >= 0.6 is 0 Å². The van der Waals surface area contributed by atoms with Crippen molar-refractivity contribution in [3.8, 4) is 5.69 Å². The number of imidazole rings is 1. The molecule has 2 aliphatic heterocycles. The largest absolute Gasteiger partial charge is 0.394 e. The predicted octanol–water partition coefficient (Wildman–Crippen LogP) is 2.61. The van der Waals surface area contributed by atoms with E-state index in [0.717, 1.165) is 22.4 Å². The van der Waals surface area contributed by atoms with E-state index in [2.05, 4.69) is 4.98 Å². The van der Waals surface area contributed by atoms with E-state index in [4.69, 9.17) is 19.3 Å². The summed E-state index contributed by atoms with van der Waals surface area (Å²) >= 11 is 0. The maximum atomic E-state index is 14.0. The number of aromatic amines is 1. The topological polar surface area (TPSA) is 133 Å². The lowest BCUT2D eigenvalue weighted by molar-refractivity contribution is -0.209. The van der Waals surface area contributed by atoms with Crippen LogP contribution in [0.2, 0.25) is 0 Å². The van der Waals surface area contributed by atoms with Crippen molar-refractivity contribution in [3.63, 3.8) is 0 Å². The number of ether oxygens (including phenoxy) is 3. The molecule has 1 amide bonds. The predicted molar refractivity (Wildman–Crippen MR) is 168 cm³/mol. The highest BCUT2D eigenvalue weighted by atomic mass is 16.7. The number of carbonyl (C=O) groups is 1. The van der Waals surface area contributed by atoms with Gasteiger partial charge >= 0.3 is 5.69 Å². The zero-order chi connectivity index (χ0) is 31.5. The van der Waals surface area contributed by atoms with Gasteiger partial charge in [-0.25, -0.2) is 9.48 Å². The van der Waals surface area contributed by atoms with E-state index in [0.29, 0.717) is 44.3 Å². The summed E-state index contributed by atoms with van der Waals surface area (Å²) in [5, 5.41) is 9.00. The van der Waals surface area contributed by atoms with Gasteiger partial charge in [-0.1, -0.05) is 30.3 Å². The SMILES string of the molecule is Cc1c([C@@H]2CC(OCCOCCO)OC(C(=O)N3CCC(n4c(=O)[nH]c5ccccc54)CC3)C2)c(=O)n(-c2ccccc2)n1C. The second-order valence-corrected chi connectivity index (χ2v) is 11.8. The number of nitrogens with one attached hydrogen (secondary N) is 1. The van der Waals surface area contributed by atoms with Crippen LogP contribution in [0.15, 0.2) is 64.2 Å². The van der Waals surface area contributed by atoms with Crippen molar-refractivity contribution < 1.29 is 24.1 Å². The van der Waals surface area contributed by atoms with E-state index in [1.165, 1.54) is 0 Å². The summed E-state index contributed by atoms with van der Waals surface area (Å²) in [7, 11) is 1.87. The summed E-state index contributed by atoms with van der Waals surface area (Å²) in [5.74, 6) is -0.395. The van der Waals surface area contributed by atoms with Crippen LogP contribution in [0.4, 0.5) is 0 Å². The van der Waals surface area contributed by atoms with Crippen LogP contribution < -0.4 is 11.2 Å². The van der Waals surface area contributed by atoms with E-state index < -0.39 is 12.4 Å². The molecule has 12 nitrogen and oxygen atoms in total. The minimum atomic E-state index is -0.788. The van der Waals surface area contributed by atoms with Crippen LogP contribution in [0.1, 0.15) is 48.9 Å². The Balaban J connectivity index is 1.20. The number of H-pyrrole nitrogens is 1. The normalized spacial score (nSPS) is 21.0. The number of nitrogens with zero attached hydrogens (tertiary/aromatic N) is 4. The van der Waals surface area contributed by atoms with Gasteiger partial charge in [0.2, 0.25) is 0 Å². The van der Waals surface area contributed by atoms with Gasteiger partial charge < -0.3 is 29.2 Å². The molecule has 0 radical (unpaired) electrons. The Morgan fingerprint density at radius 3 is 2.49 bits per heavy atom. The molecule has 0 aliphatic carbocycles. The number of carbonyl (C=O) groups excluding carboxylic acids is 1. The molecule has 6 rings (SSSR count). The molecule has 2 aliphatic rings. The lowest BCUT2D eigenvalue weighted by atomic mass is 9.87. The van der Waals surface area contributed by atoms with Crippen molar-refractivity contribution in [1.29, 1.82) is 0 Å². The van der Waals surface area contributed by atoms with Gasteiger partial charge in [0, 0.05) is 43.9 Å². The van der Waals surface area contributed by atoms with Crippen molar-refractivity contribution in [2.24, 2.45) is 7.05 Å². The Hall–Kier alpha value is -3.97. The van der Waals surface area contributed by atoms with Gasteiger partial charge in [-0.2, -0.15) is 0 Å². The summed E-state index contributed by atoms with van der Waals surface area (Å²) < 4.78 is 22.9. The lowest BCUT2D eigenvalue weighted by Gasteiger charge is -2.39. The molecule has 2 aromatic carbocycles. The molecule has 45 heavy (non-hydrogen) atoms. The number of rotatable bonds is 10. The number of aromatic nitrogens is 4. The quantitative estimate of drug-likeness (QED) is 0.261. The van der Waals surface area contributed by atoms with E-state index in [-0.39, 0.29) is 55.5 Å². The first-order chi connectivity index (χ1) is 21.9. The average molecular weight is 620 g/mol. The molecule has 2 fully saturated rings. The number of fused-ring (bicyclic) bond motifs is 1. The highest BCUT2D eigenvalue weighted by Gasteiger charge is 2.40. The third-order valence-corrected chi connectivity index (χ3v) is 9.11. The number of para-hydroxylation sites is 3. The number of benzene rings is 2. The van der Waals surface area contributed by atoms with Gasteiger partial charge in [0.1, 0.15) is 6.10 Å². The molecule has 2 N–H and O–H groups in total. The molecule has 0 bridgehead atoms. The van der Waals surface area contributed by atoms with E-state index >= 15 is 0 Å². The molecule has 2 unspecified atom stereocenters. The number of amides is 1. The van der Waals surface area contributed by atoms with Gasteiger partial charge in [0.15, 0.2) is 6.29 Å². The highest BCUT2D eigenvalue weighted by Crippen LogP contribution is 2.36. The van der Waals surface area contributed by atoms with E-state index in [9.17, 15) is 14.4 Å². The Morgan fingerprint density at radius 1 is 1.00 bits per heavy atom. The monoisotopic (exact) mass is 619 g/mol. The Kier molecular flexibility index (Phi) is 9.36. The third kappa shape index (κ3) is 6.28. The first-order valence-corrected chi connectivity index (χ1v) is 15.6. The minimum absolute atomic E-state index is 0.0175. The zero-order valence-corrected chi connectivity index (χ0v) is 25.8. The van der Waals surface area contributed by atoms with Crippen LogP contribution in [-0.2, 0) is 26.1 Å².